The van der Waals surface area contributed by atoms with E-state index in [0.29, 0.717) is 17.8 Å². The number of anilines is 1. The standard InChI is InChI=1S/C21H24FN3O2/c22-18-8-10-19(11-9-18)25(21(27)24-12-2-1-3-13-24)15-16-4-6-17(7-5-16)20(26)14-23/h4-11H,1-3,12-15,23H2. The number of benzene rings is 2. The molecule has 0 saturated carbocycles. The first kappa shape index (κ1) is 19.0. The van der Waals surface area contributed by atoms with Crippen molar-refractivity contribution in [1.82, 2.24) is 4.90 Å². The van der Waals surface area contributed by atoms with Crippen LogP contribution in [0, 0.1) is 5.82 Å². The molecule has 2 aromatic carbocycles. The average Bonchev–Trinajstić information content (AvgIpc) is 2.73. The van der Waals surface area contributed by atoms with Gasteiger partial charge in [-0.25, -0.2) is 9.18 Å². The van der Waals surface area contributed by atoms with Crippen molar-refractivity contribution in [2.24, 2.45) is 5.73 Å². The highest BCUT2D eigenvalue weighted by atomic mass is 19.1. The molecule has 27 heavy (non-hydrogen) atoms. The molecule has 1 aliphatic rings. The van der Waals surface area contributed by atoms with Crippen molar-refractivity contribution in [2.75, 3.05) is 24.5 Å². The topological polar surface area (TPSA) is 66.6 Å². The summed E-state index contributed by atoms with van der Waals surface area (Å²) >= 11 is 0. The highest BCUT2D eigenvalue weighted by Gasteiger charge is 2.24. The van der Waals surface area contributed by atoms with Crippen LogP contribution in [0.4, 0.5) is 14.9 Å². The lowest BCUT2D eigenvalue weighted by atomic mass is 10.1. The number of hydrogen-bond acceptors (Lipinski definition) is 3. The molecule has 1 heterocycles. The summed E-state index contributed by atoms with van der Waals surface area (Å²) in [7, 11) is 0. The largest absolute Gasteiger partial charge is 0.324 e. The monoisotopic (exact) mass is 369 g/mol. The summed E-state index contributed by atoms with van der Waals surface area (Å²) < 4.78 is 13.3. The third-order valence-corrected chi connectivity index (χ3v) is 4.80. The Balaban J connectivity index is 1.83. The van der Waals surface area contributed by atoms with Gasteiger partial charge in [-0.15, -0.1) is 0 Å². The third kappa shape index (κ3) is 4.71. The SMILES string of the molecule is NCC(=O)c1ccc(CN(C(=O)N2CCCCC2)c2ccc(F)cc2)cc1. The quantitative estimate of drug-likeness (QED) is 0.819. The minimum absolute atomic E-state index is 0.0332. The lowest BCUT2D eigenvalue weighted by Crippen LogP contribution is -2.45. The number of carbonyl (C=O) groups excluding carboxylic acids is 2. The number of likely N-dealkylation sites (tertiary alicyclic amines) is 1. The zero-order valence-electron chi connectivity index (χ0n) is 15.2. The van der Waals surface area contributed by atoms with E-state index in [0.717, 1.165) is 37.9 Å². The van der Waals surface area contributed by atoms with Gasteiger partial charge in [0.25, 0.3) is 0 Å². The van der Waals surface area contributed by atoms with Gasteiger partial charge in [-0.1, -0.05) is 24.3 Å². The fourth-order valence-electron chi connectivity index (χ4n) is 3.24. The number of amides is 2. The number of urea groups is 1. The van der Waals surface area contributed by atoms with E-state index in [-0.39, 0.29) is 24.2 Å². The van der Waals surface area contributed by atoms with Gasteiger partial charge in [-0.2, -0.15) is 0 Å². The molecule has 0 radical (unpaired) electrons. The lowest BCUT2D eigenvalue weighted by Gasteiger charge is -2.33. The minimum Gasteiger partial charge on any atom is -0.324 e. The third-order valence-electron chi connectivity index (χ3n) is 4.80. The van der Waals surface area contributed by atoms with Crippen LogP contribution in [0.1, 0.15) is 35.2 Å². The predicted molar refractivity (Wildman–Crippen MR) is 103 cm³/mol. The van der Waals surface area contributed by atoms with Gasteiger partial charge >= 0.3 is 6.03 Å². The molecule has 2 amide bonds. The first-order valence-electron chi connectivity index (χ1n) is 9.22. The number of hydrogen-bond donors (Lipinski definition) is 1. The van der Waals surface area contributed by atoms with Gasteiger partial charge in [0.2, 0.25) is 0 Å². The molecule has 0 aliphatic carbocycles. The first-order valence-corrected chi connectivity index (χ1v) is 9.22. The highest BCUT2D eigenvalue weighted by molar-refractivity contribution is 5.97. The zero-order valence-corrected chi connectivity index (χ0v) is 15.2. The second kappa shape index (κ2) is 8.77. The minimum atomic E-state index is -0.339. The summed E-state index contributed by atoms with van der Waals surface area (Å²) in [6.07, 6.45) is 3.13. The van der Waals surface area contributed by atoms with Gasteiger partial charge in [-0.3, -0.25) is 9.69 Å². The number of rotatable bonds is 5. The van der Waals surface area contributed by atoms with E-state index in [2.05, 4.69) is 0 Å². The number of nitrogens with two attached hydrogens (primary N) is 1. The van der Waals surface area contributed by atoms with Gasteiger partial charge < -0.3 is 10.6 Å². The van der Waals surface area contributed by atoms with Crippen LogP contribution in [-0.4, -0.2) is 36.3 Å². The van der Waals surface area contributed by atoms with Crippen LogP contribution >= 0.6 is 0 Å². The molecule has 2 N–H and O–H groups in total. The Morgan fingerprint density at radius 3 is 2.19 bits per heavy atom. The second-order valence-electron chi connectivity index (χ2n) is 6.72. The zero-order chi connectivity index (χ0) is 19.2. The van der Waals surface area contributed by atoms with E-state index in [1.54, 1.807) is 29.2 Å². The summed E-state index contributed by atoms with van der Waals surface area (Å²) in [5, 5.41) is 0. The number of ketones is 1. The van der Waals surface area contributed by atoms with Crippen molar-refractivity contribution >= 4 is 17.5 Å². The van der Waals surface area contributed by atoms with Crippen molar-refractivity contribution in [1.29, 1.82) is 0 Å². The molecular weight excluding hydrogens is 345 g/mol. The molecule has 0 spiro atoms. The van der Waals surface area contributed by atoms with Crippen molar-refractivity contribution in [3.8, 4) is 0 Å². The Labute approximate surface area is 158 Å². The van der Waals surface area contributed by atoms with Gasteiger partial charge in [0.05, 0.1) is 13.1 Å². The summed E-state index contributed by atoms with van der Waals surface area (Å²) in [5.74, 6) is -0.463. The molecule has 0 bridgehead atoms. The van der Waals surface area contributed by atoms with Crippen molar-refractivity contribution in [2.45, 2.75) is 25.8 Å². The Bertz CT molecular complexity index is 784. The van der Waals surface area contributed by atoms with Gasteiger partial charge in [0.15, 0.2) is 5.78 Å². The summed E-state index contributed by atoms with van der Waals surface area (Å²) in [6.45, 7) is 1.79. The number of Topliss-reactive ketones (excluding diaryl/α,β-unsaturated/α-hetero) is 1. The van der Waals surface area contributed by atoms with Crippen molar-refractivity contribution in [3.05, 3.63) is 65.5 Å². The molecule has 0 aromatic heterocycles. The Morgan fingerprint density at radius 1 is 0.963 bits per heavy atom. The lowest BCUT2D eigenvalue weighted by molar-refractivity contribution is 0.100. The van der Waals surface area contributed by atoms with Crippen LogP contribution in [0.5, 0.6) is 0 Å². The Morgan fingerprint density at radius 2 is 1.59 bits per heavy atom. The number of piperidine rings is 1. The molecule has 3 rings (SSSR count). The predicted octanol–water partition coefficient (Wildman–Crippen LogP) is 3.58. The number of nitrogens with zero attached hydrogens (tertiary/aromatic N) is 2. The summed E-state index contributed by atoms with van der Waals surface area (Å²) in [4.78, 5) is 28.3. The molecule has 0 unspecified atom stereocenters. The molecule has 0 atom stereocenters. The van der Waals surface area contributed by atoms with Crippen molar-refractivity contribution in [3.63, 3.8) is 0 Å². The number of halogens is 1. The van der Waals surface area contributed by atoms with Crippen molar-refractivity contribution < 1.29 is 14.0 Å². The molecule has 5 nitrogen and oxygen atoms in total. The Hall–Kier alpha value is -2.73. The molecule has 1 aliphatic heterocycles. The van der Waals surface area contributed by atoms with E-state index >= 15 is 0 Å². The van der Waals surface area contributed by atoms with E-state index in [9.17, 15) is 14.0 Å². The van der Waals surface area contributed by atoms with E-state index in [1.807, 2.05) is 17.0 Å². The van der Waals surface area contributed by atoms with E-state index in [1.165, 1.54) is 12.1 Å². The molecule has 6 heteroatoms. The maximum Gasteiger partial charge on any atom is 0.324 e. The fourth-order valence-corrected chi connectivity index (χ4v) is 3.24. The smallest absolute Gasteiger partial charge is 0.324 e. The second-order valence-corrected chi connectivity index (χ2v) is 6.72. The summed E-state index contributed by atoms with van der Waals surface area (Å²) in [6, 6.07) is 12.9. The Kier molecular flexibility index (Phi) is 6.19. The fraction of sp³-hybridized carbons (Fsp3) is 0.333. The molecule has 142 valence electrons. The molecular formula is C21H24FN3O2. The average molecular weight is 369 g/mol. The van der Waals surface area contributed by atoms with Crippen LogP contribution < -0.4 is 10.6 Å². The van der Waals surface area contributed by atoms with Crippen LogP contribution in [-0.2, 0) is 6.54 Å². The van der Waals surface area contributed by atoms with Gasteiger partial charge in [0, 0.05) is 24.3 Å². The van der Waals surface area contributed by atoms with Crippen LogP contribution in [0.3, 0.4) is 0 Å². The first-order chi connectivity index (χ1) is 13.1. The van der Waals surface area contributed by atoms with Crippen LogP contribution in [0.2, 0.25) is 0 Å². The molecule has 1 fully saturated rings. The number of carbonyl (C=O) groups is 2. The van der Waals surface area contributed by atoms with Crippen LogP contribution in [0.25, 0.3) is 0 Å². The molecule has 2 aromatic rings. The van der Waals surface area contributed by atoms with E-state index < -0.39 is 0 Å². The van der Waals surface area contributed by atoms with Crippen LogP contribution in [0.15, 0.2) is 48.5 Å². The van der Waals surface area contributed by atoms with Gasteiger partial charge in [-0.05, 0) is 49.1 Å². The van der Waals surface area contributed by atoms with Gasteiger partial charge in [0.1, 0.15) is 5.82 Å². The maximum atomic E-state index is 13.3. The molecule has 1 saturated heterocycles. The summed E-state index contributed by atoms with van der Waals surface area (Å²) in [5.41, 5.74) is 7.48. The normalized spacial score (nSPS) is 14.1. The highest BCUT2D eigenvalue weighted by Crippen LogP contribution is 2.22. The van der Waals surface area contributed by atoms with E-state index in [4.69, 9.17) is 5.73 Å². The maximum absolute atomic E-state index is 13.3.